The van der Waals surface area contributed by atoms with Crippen molar-refractivity contribution < 1.29 is 13.9 Å². The number of fused-ring (bicyclic) bond motifs is 1. The monoisotopic (exact) mass is 256 g/mol. The van der Waals surface area contributed by atoms with Crippen LogP contribution in [0.4, 0.5) is 0 Å². The van der Waals surface area contributed by atoms with Crippen LogP contribution in [0.15, 0.2) is 41.1 Å². The first-order valence-electron chi connectivity index (χ1n) is 5.78. The second-order valence-electron chi connectivity index (χ2n) is 4.25. The average molecular weight is 256 g/mol. The second kappa shape index (κ2) is 4.28. The molecule has 5 nitrogen and oxygen atoms in total. The van der Waals surface area contributed by atoms with E-state index in [-0.39, 0.29) is 5.78 Å². The van der Waals surface area contributed by atoms with E-state index in [9.17, 15) is 4.79 Å². The molecule has 2 heterocycles. The van der Waals surface area contributed by atoms with Crippen LogP contribution in [0.1, 0.15) is 16.1 Å². The first-order chi connectivity index (χ1) is 9.17. The number of hydrogen-bond donors (Lipinski definition) is 0. The van der Waals surface area contributed by atoms with Crippen LogP contribution in [0.25, 0.3) is 11.0 Å². The van der Waals surface area contributed by atoms with Gasteiger partial charge in [0.15, 0.2) is 5.76 Å². The van der Waals surface area contributed by atoms with Gasteiger partial charge in [0.05, 0.1) is 18.9 Å². The highest BCUT2D eigenvalue weighted by atomic mass is 16.5. The molecule has 1 aromatic carbocycles. The van der Waals surface area contributed by atoms with Gasteiger partial charge >= 0.3 is 0 Å². The zero-order chi connectivity index (χ0) is 13.4. The zero-order valence-electron chi connectivity index (χ0n) is 10.6. The van der Waals surface area contributed by atoms with E-state index in [0.717, 1.165) is 5.39 Å². The van der Waals surface area contributed by atoms with Gasteiger partial charge in [-0.3, -0.25) is 9.48 Å². The van der Waals surface area contributed by atoms with Crippen molar-refractivity contribution in [3.05, 3.63) is 48.0 Å². The number of benzene rings is 1. The Morgan fingerprint density at radius 3 is 2.89 bits per heavy atom. The molecule has 0 unspecified atom stereocenters. The van der Waals surface area contributed by atoms with E-state index < -0.39 is 0 Å². The number of rotatable bonds is 3. The third kappa shape index (κ3) is 1.99. The quantitative estimate of drug-likeness (QED) is 0.675. The molecule has 3 rings (SSSR count). The topological polar surface area (TPSA) is 57.3 Å². The summed E-state index contributed by atoms with van der Waals surface area (Å²) >= 11 is 0. The Morgan fingerprint density at radius 1 is 1.37 bits per heavy atom. The number of methoxy groups -OCH3 is 1. The second-order valence-corrected chi connectivity index (χ2v) is 4.25. The summed E-state index contributed by atoms with van der Waals surface area (Å²) in [6.07, 6.45) is 3.19. The number of carbonyl (C=O) groups excluding carboxylic acids is 1. The number of ketones is 1. The van der Waals surface area contributed by atoms with Crippen molar-refractivity contribution in [2.24, 2.45) is 7.05 Å². The molecule has 0 atom stereocenters. The lowest BCUT2D eigenvalue weighted by atomic mass is 10.2. The average Bonchev–Trinajstić information content (AvgIpc) is 3.02. The molecule has 0 bridgehead atoms. The number of carbonyl (C=O) groups is 1. The normalized spacial score (nSPS) is 10.8. The number of nitrogens with zero attached hydrogens (tertiary/aromatic N) is 2. The summed E-state index contributed by atoms with van der Waals surface area (Å²) in [7, 11) is 3.35. The van der Waals surface area contributed by atoms with Crippen molar-refractivity contribution in [1.29, 1.82) is 0 Å². The molecule has 0 saturated heterocycles. The van der Waals surface area contributed by atoms with Gasteiger partial charge in [0.25, 0.3) is 0 Å². The van der Waals surface area contributed by atoms with Gasteiger partial charge in [0.2, 0.25) is 5.78 Å². The van der Waals surface area contributed by atoms with E-state index >= 15 is 0 Å². The van der Waals surface area contributed by atoms with Crippen molar-refractivity contribution in [2.45, 2.75) is 0 Å². The van der Waals surface area contributed by atoms with Crippen LogP contribution in [0, 0.1) is 0 Å². The summed E-state index contributed by atoms with van der Waals surface area (Å²) in [5, 5.41) is 4.85. The minimum atomic E-state index is -0.178. The van der Waals surface area contributed by atoms with Crippen molar-refractivity contribution in [2.75, 3.05) is 7.11 Å². The summed E-state index contributed by atoms with van der Waals surface area (Å²) in [6, 6.07) is 7.17. The molecule has 0 saturated carbocycles. The summed E-state index contributed by atoms with van der Waals surface area (Å²) < 4.78 is 12.3. The third-order valence-electron chi connectivity index (χ3n) is 2.92. The molecule has 0 N–H and O–H groups in total. The summed E-state index contributed by atoms with van der Waals surface area (Å²) in [6.45, 7) is 0. The smallest absolute Gasteiger partial charge is 0.231 e. The molecule has 5 heteroatoms. The lowest BCUT2D eigenvalue weighted by Crippen LogP contribution is -1.97. The first kappa shape index (κ1) is 11.5. The predicted octanol–water partition coefficient (Wildman–Crippen LogP) is 2.41. The molecule has 3 aromatic rings. The van der Waals surface area contributed by atoms with Crippen LogP contribution < -0.4 is 4.74 Å². The number of hydrogen-bond acceptors (Lipinski definition) is 4. The van der Waals surface area contributed by atoms with Crippen molar-refractivity contribution in [1.82, 2.24) is 9.78 Å². The molecule has 0 aliphatic heterocycles. The highest BCUT2D eigenvalue weighted by Crippen LogP contribution is 2.25. The van der Waals surface area contributed by atoms with Gasteiger partial charge in [-0.2, -0.15) is 5.10 Å². The number of ether oxygens (including phenoxy) is 1. The Kier molecular flexibility index (Phi) is 2.59. The van der Waals surface area contributed by atoms with Crippen molar-refractivity contribution in [3.63, 3.8) is 0 Å². The maximum atomic E-state index is 12.2. The zero-order valence-corrected chi connectivity index (χ0v) is 10.6. The van der Waals surface area contributed by atoms with Crippen LogP contribution in [0.2, 0.25) is 0 Å². The summed E-state index contributed by atoms with van der Waals surface area (Å²) in [5.41, 5.74) is 1.14. The molecule has 0 fully saturated rings. The Balaban J connectivity index is 2.03. The highest BCUT2D eigenvalue weighted by molar-refractivity contribution is 6.08. The molecule has 0 aliphatic rings. The predicted molar refractivity (Wildman–Crippen MR) is 69.4 cm³/mol. The maximum absolute atomic E-state index is 12.2. The standard InChI is InChI=1S/C14H12N2O3/c1-16-8-10(7-15-16)14(17)13-5-9-3-4-11(18-2)6-12(9)19-13/h3-8H,1-2H3. The fourth-order valence-corrected chi connectivity index (χ4v) is 1.93. The minimum absolute atomic E-state index is 0.178. The molecular formula is C14H12N2O3. The van der Waals surface area contributed by atoms with Gasteiger partial charge in [0, 0.05) is 24.7 Å². The Labute approximate surface area is 109 Å². The largest absolute Gasteiger partial charge is 0.497 e. The molecule has 96 valence electrons. The van der Waals surface area contributed by atoms with Gasteiger partial charge in [0.1, 0.15) is 11.3 Å². The Bertz CT molecular complexity index is 755. The van der Waals surface area contributed by atoms with Gasteiger partial charge in [-0.1, -0.05) is 0 Å². The maximum Gasteiger partial charge on any atom is 0.231 e. The molecule has 0 radical (unpaired) electrons. The van der Waals surface area contributed by atoms with Gasteiger partial charge in [-0.15, -0.1) is 0 Å². The molecule has 2 aromatic heterocycles. The first-order valence-corrected chi connectivity index (χ1v) is 5.78. The number of aryl methyl sites for hydroxylation is 1. The van der Waals surface area contributed by atoms with E-state index in [1.165, 1.54) is 6.20 Å². The van der Waals surface area contributed by atoms with Crippen LogP contribution in [0.3, 0.4) is 0 Å². The highest BCUT2D eigenvalue weighted by Gasteiger charge is 2.16. The van der Waals surface area contributed by atoms with Crippen molar-refractivity contribution in [3.8, 4) is 5.75 Å². The van der Waals surface area contributed by atoms with E-state index in [1.54, 1.807) is 37.2 Å². The van der Waals surface area contributed by atoms with Crippen LogP contribution in [-0.2, 0) is 7.05 Å². The van der Waals surface area contributed by atoms with Crippen LogP contribution >= 0.6 is 0 Å². The van der Waals surface area contributed by atoms with E-state index in [2.05, 4.69) is 5.10 Å². The lowest BCUT2D eigenvalue weighted by molar-refractivity contribution is 0.101. The van der Waals surface area contributed by atoms with Crippen LogP contribution in [0.5, 0.6) is 5.75 Å². The van der Waals surface area contributed by atoms with Crippen LogP contribution in [-0.4, -0.2) is 22.7 Å². The van der Waals surface area contributed by atoms with Gasteiger partial charge in [-0.25, -0.2) is 0 Å². The Morgan fingerprint density at radius 2 is 2.21 bits per heavy atom. The molecule has 19 heavy (non-hydrogen) atoms. The number of aromatic nitrogens is 2. The van der Waals surface area contributed by atoms with Crippen molar-refractivity contribution >= 4 is 16.8 Å². The molecule has 0 amide bonds. The lowest BCUT2D eigenvalue weighted by Gasteiger charge is -1.96. The van der Waals surface area contributed by atoms with Gasteiger partial charge < -0.3 is 9.15 Å². The third-order valence-corrected chi connectivity index (χ3v) is 2.92. The molecule has 0 spiro atoms. The van der Waals surface area contributed by atoms with E-state index in [1.807, 2.05) is 12.1 Å². The fourth-order valence-electron chi connectivity index (χ4n) is 1.93. The van der Waals surface area contributed by atoms with E-state index in [0.29, 0.717) is 22.7 Å². The minimum Gasteiger partial charge on any atom is -0.497 e. The van der Waals surface area contributed by atoms with Gasteiger partial charge in [-0.05, 0) is 18.2 Å². The number of furan rings is 1. The molecular weight excluding hydrogens is 244 g/mol. The molecule has 0 aliphatic carbocycles. The SMILES string of the molecule is COc1ccc2cc(C(=O)c3cnn(C)c3)oc2c1. The fraction of sp³-hybridized carbons (Fsp3) is 0.143. The summed E-state index contributed by atoms with van der Waals surface area (Å²) in [5.74, 6) is 0.821. The Hall–Kier alpha value is -2.56. The summed E-state index contributed by atoms with van der Waals surface area (Å²) in [4.78, 5) is 12.2. The van der Waals surface area contributed by atoms with E-state index in [4.69, 9.17) is 9.15 Å².